The van der Waals surface area contributed by atoms with E-state index in [2.05, 4.69) is 15.3 Å². The Balaban J connectivity index is 1.80. The van der Waals surface area contributed by atoms with Crippen LogP contribution in [0.5, 0.6) is 0 Å². The molecule has 0 amide bonds. The van der Waals surface area contributed by atoms with Gasteiger partial charge in [-0.3, -0.25) is 0 Å². The van der Waals surface area contributed by atoms with Crippen molar-refractivity contribution in [3.8, 4) is 0 Å². The van der Waals surface area contributed by atoms with E-state index in [4.69, 9.17) is 4.74 Å². The number of alkyl halides is 4. The summed E-state index contributed by atoms with van der Waals surface area (Å²) in [6, 6.07) is 7.05. The first kappa shape index (κ1) is 16.4. The van der Waals surface area contributed by atoms with E-state index in [1.54, 1.807) is 29.2 Å². The van der Waals surface area contributed by atoms with E-state index in [-0.39, 0.29) is 19.1 Å². The van der Waals surface area contributed by atoms with Crippen molar-refractivity contribution >= 4 is 17.3 Å². The standard InChI is InChI=1S/C15H14F4N4O/c16-13-9-23(5-6-24-13)12-4-2-1-3-11(12)22-14-20-7-10(8-21-14)15(17,18)19/h1-4,7-8,13H,5-6,9H2,(H,20,21,22). The van der Waals surface area contributed by atoms with Crippen molar-refractivity contribution in [1.29, 1.82) is 0 Å². The predicted octanol–water partition coefficient (Wildman–Crippen LogP) is 3.37. The monoisotopic (exact) mass is 342 g/mol. The van der Waals surface area contributed by atoms with Crippen molar-refractivity contribution in [1.82, 2.24) is 9.97 Å². The van der Waals surface area contributed by atoms with E-state index in [0.29, 0.717) is 30.3 Å². The van der Waals surface area contributed by atoms with Crippen molar-refractivity contribution in [2.75, 3.05) is 29.9 Å². The fraction of sp³-hybridized carbons (Fsp3) is 0.333. The van der Waals surface area contributed by atoms with E-state index in [1.165, 1.54) is 0 Å². The molecule has 1 aromatic heterocycles. The molecule has 0 spiro atoms. The second-order valence-corrected chi connectivity index (χ2v) is 5.16. The van der Waals surface area contributed by atoms with E-state index >= 15 is 0 Å². The maximum Gasteiger partial charge on any atom is 0.419 e. The second-order valence-electron chi connectivity index (χ2n) is 5.16. The van der Waals surface area contributed by atoms with Crippen LogP contribution in [0.25, 0.3) is 0 Å². The number of benzene rings is 1. The number of ether oxygens (including phenoxy) is 1. The zero-order valence-electron chi connectivity index (χ0n) is 12.4. The first-order valence-corrected chi connectivity index (χ1v) is 7.19. The predicted molar refractivity (Wildman–Crippen MR) is 79.8 cm³/mol. The molecular formula is C15H14F4N4O. The van der Waals surface area contributed by atoms with Crippen molar-refractivity contribution in [2.24, 2.45) is 0 Å². The third-order valence-corrected chi connectivity index (χ3v) is 3.49. The Morgan fingerprint density at radius 1 is 1.17 bits per heavy atom. The lowest BCUT2D eigenvalue weighted by atomic mass is 10.2. The molecule has 1 fully saturated rings. The van der Waals surface area contributed by atoms with E-state index in [0.717, 1.165) is 0 Å². The molecule has 0 bridgehead atoms. The van der Waals surface area contributed by atoms with Crippen LogP contribution in [0, 0.1) is 0 Å². The minimum Gasteiger partial charge on any atom is -0.362 e. The maximum absolute atomic E-state index is 13.4. The van der Waals surface area contributed by atoms with Gasteiger partial charge in [0.1, 0.15) is 0 Å². The lowest BCUT2D eigenvalue weighted by Gasteiger charge is -2.32. The number of aromatic nitrogens is 2. The highest BCUT2D eigenvalue weighted by atomic mass is 19.4. The summed E-state index contributed by atoms with van der Waals surface area (Å²) in [4.78, 5) is 9.16. The molecule has 3 rings (SSSR count). The summed E-state index contributed by atoms with van der Waals surface area (Å²) >= 11 is 0. The summed E-state index contributed by atoms with van der Waals surface area (Å²) in [6.45, 7) is 0.839. The topological polar surface area (TPSA) is 50.3 Å². The molecule has 24 heavy (non-hydrogen) atoms. The largest absolute Gasteiger partial charge is 0.419 e. The molecule has 5 nitrogen and oxygen atoms in total. The number of para-hydroxylation sites is 2. The Bertz CT molecular complexity index is 693. The SMILES string of the molecule is FC1CN(c2ccccc2Nc2ncc(C(F)(F)F)cn2)CCO1. The summed E-state index contributed by atoms with van der Waals surface area (Å²) in [5, 5.41) is 2.87. The third kappa shape index (κ3) is 3.73. The minimum atomic E-state index is -4.49. The molecule has 1 atom stereocenters. The average Bonchev–Trinajstić information content (AvgIpc) is 2.55. The first-order chi connectivity index (χ1) is 11.4. The van der Waals surface area contributed by atoms with Gasteiger partial charge in [-0.1, -0.05) is 12.1 Å². The average molecular weight is 342 g/mol. The van der Waals surface area contributed by atoms with Gasteiger partial charge in [0.15, 0.2) is 0 Å². The fourth-order valence-corrected chi connectivity index (χ4v) is 2.34. The van der Waals surface area contributed by atoms with Gasteiger partial charge in [0, 0.05) is 18.9 Å². The molecule has 2 heterocycles. The summed E-state index contributed by atoms with van der Waals surface area (Å²) in [7, 11) is 0. The van der Waals surface area contributed by atoms with E-state index in [1.807, 2.05) is 0 Å². The first-order valence-electron chi connectivity index (χ1n) is 7.19. The van der Waals surface area contributed by atoms with Gasteiger partial charge < -0.3 is 15.0 Å². The van der Waals surface area contributed by atoms with Crippen LogP contribution in [-0.2, 0) is 10.9 Å². The second kappa shape index (κ2) is 6.60. The summed E-state index contributed by atoms with van der Waals surface area (Å²) < 4.78 is 55.9. The van der Waals surface area contributed by atoms with Crippen molar-refractivity contribution in [2.45, 2.75) is 12.5 Å². The summed E-state index contributed by atoms with van der Waals surface area (Å²) in [5.41, 5.74) is 0.355. The third-order valence-electron chi connectivity index (χ3n) is 3.49. The summed E-state index contributed by atoms with van der Waals surface area (Å²) in [6.07, 6.45) is -4.44. The van der Waals surface area contributed by atoms with Gasteiger partial charge in [-0.05, 0) is 12.1 Å². The zero-order valence-corrected chi connectivity index (χ0v) is 12.4. The Morgan fingerprint density at radius 3 is 2.54 bits per heavy atom. The molecule has 1 unspecified atom stereocenters. The highest BCUT2D eigenvalue weighted by Gasteiger charge is 2.31. The molecule has 128 valence electrons. The number of nitrogens with zero attached hydrogens (tertiary/aromatic N) is 3. The Hall–Kier alpha value is -2.42. The molecule has 2 aromatic rings. The van der Waals surface area contributed by atoms with Crippen LogP contribution < -0.4 is 10.2 Å². The number of hydrogen-bond acceptors (Lipinski definition) is 5. The Labute approximate surface area is 135 Å². The fourth-order valence-electron chi connectivity index (χ4n) is 2.34. The van der Waals surface area contributed by atoms with Crippen LogP contribution in [0.1, 0.15) is 5.56 Å². The Kier molecular flexibility index (Phi) is 4.52. The summed E-state index contributed by atoms with van der Waals surface area (Å²) in [5.74, 6) is 0.0282. The molecule has 9 heteroatoms. The Morgan fingerprint density at radius 2 is 1.88 bits per heavy atom. The molecule has 0 saturated carbocycles. The molecular weight excluding hydrogens is 328 g/mol. The van der Waals surface area contributed by atoms with Gasteiger partial charge >= 0.3 is 6.18 Å². The lowest BCUT2D eigenvalue weighted by Crippen LogP contribution is -2.40. The lowest BCUT2D eigenvalue weighted by molar-refractivity contribution is -0.138. The van der Waals surface area contributed by atoms with Gasteiger partial charge in [0.2, 0.25) is 12.3 Å². The number of nitrogens with one attached hydrogen (secondary N) is 1. The van der Waals surface area contributed by atoms with E-state index < -0.39 is 18.1 Å². The van der Waals surface area contributed by atoms with Crippen LogP contribution >= 0.6 is 0 Å². The van der Waals surface area contributed by atoms with Gasteiger partial charge in [-0.15, -0.1) is 0 Å². The normalized spacial score (nSPS) is 18.5. The molecule has 1 aliphatic heterocycles. The molecule has 1 saturated heterocycles. The minimum absolute atomic E-state index is 0.0282. The van der Waals surface area contributed by atoms with Crippen molar-refractivity contribution < 1.29 is 22.3 Å². The van der Waals surface area contributed by atoms with Crippen LogP contribution in [0.3, 0.4) is 0 Å². The number of morpholine rings is 1. The van der Waals surface area contributed by atoms with Gasteiger partial charge in [0.25, 0.3) is 0 Å². The highest BCUT2D eigenvalue weighted by molar-refractivity contribution is 5.73. The number of hydrogen-bond donors (Lipinski definition) is 1. The van der Waals surface area contributed by atoms with Crippen molar-refractivity contribution in [3.05, 3.63) is 42.2 Å². The smallest absolute Gasteiger partial charge is 0.362 e. The molecule has 1 aromatic carbocycles. The number of rotatable bonds is 3. The molecule has 1 aliphatic rings. The van der Waals surface area contributed by atoms with Crippen LogP contribution in [0.15, 0.2) is 36.7 Å². The van der Waals surface area contributed by atoms with Gasteiger partial charge in [0.05, 0.1) is 30.1 Å². The van der Waals surface area contributed by atoms with Gasteiger partial charge in [-0.25, -0.2) is 14.4 Å². The van der Waals surface area contributed by atoms with Crippen LogP contribution in [-0.4, -0.2) is 36.0 Å². The van der Waals surface area contributed by atoms with Crippen molar-refractivity contribution in [3.63, 3.8) is 0 Å². The van der Waals surface area contributed by atoms with Crippen LogP contribution in [0.2, 0.25) is 0 Å². The molecule has 0 aliphatic carbocycles. The van der Waals surface area contributed by atoms with Gasteiger partial charge in [-0.2, -0.15) is 13.2 Å². The highest BCUT2D eigenvalue weighted by Crippen LogP contribution is 2.31. The van der Waals surface area contributed by atoms with E-state index in [9.17, 15) is 17.6 Å². The molecule has 0 radical (unpaired) electrons. The maximum atomic E-state index is 13.4. The quantitative estimate of drug-likeness (QED) is 0.867. The molecule has 1 N–H and O–H groups in total. The number of halogens is 4. The van der Waals surface area contributed by atoms with Crippen LogP contribution in [0.4, 0.5) is 34.9 Å². The number of anilines is 3. The zero-order chi connectivity index (χ0) is 17.2.